The molecule has 1 aliphatic rings. The number of carboxylic acids is 1. The third kappa shape index (κ3) is 5.19. The van der Waals surface area contributed by atoms with E-state index >= 15 is 0 Å². The van der Waals surface area contributed by atoms with Crippen molar-refractivity contribution >= 4 is 12.0 Å². The van der Waals surface area contributed by atoms with Crippen LogP contribution < -0.4 is 5.32 Å². The lowest BCUT2D eigenvalue weighted by atomic mass is 9.96. The molecule has 6 nitrogen and oxygen atoms in total. The summed E-state index contributed by atoms with van der Waals surface area (Å²) in [4.78, 5) is 27.7. The summed E-state index contributed by atoms with van der Waals surface area (Å²) >= 11 is 0. The van der Waals surface area contributed by atoms with Crippen LogP contribution in [-0.4, -0.2) is 65.2 Å². The SMILES string of the molecule is CCCC(C)(NC(=O)N1CCN(CC(C)C)CC1)C(=O)O. The van der Waals surface area contributed by atoms with Gasteiger partial charge in [-0.05, 0) is 19.3 Å². The van der Waals surface area contributed by atoms with Crippen LogP contribution in [0.4, 0.5) is 4.79 Å². The maximum absolute atomic E-state index is 12.3. The summed E-state index contributed by atoms with van der Waals surface area (Å²) in [5, 5.41) is 12.0. The van der Waals surface area contributed by atoms with Gasteiger partial charge in [0, 0.05) is 32.7 Å². The van der Waals surface area contributed by atoms with Crippen molar-refractivity contribution in [2.45, 2.75) is 46.1 Å². The van der Waals surface area contributed by atoms with Crippen LogP contribution in [0.1, 0.15) is 40.5 Å². The van der Waals surface area contributed by atoms with Gasteiger partial charge in [0.15, 0.2) is 0 Å². The number of amides is 2. The molecule has 2 N–H and O–H groups in total. The number of hydrogen-bond donors (Lipinski definition) is 2. The van der Waals surface area contributed by atoms with Crippen LogP contribution in [0.3, 0.4) is 0 Å². The molecule has 1 fully saturated rings. The number of carbonyl (C=O) groups excluding carboxylic acids is 1. The minimum atomic E-state index is -1.18. The van der Waals surface area contributed by atoms with Gasteiger partial charge in [-0.3, -0.25) is 4.90 Å². The average molecular weight is 299 g/mol. The number of carbonyl (C=O) groups is 2. The van der Waals surface area contributed by atoms with Crippen molar-refractivity contribution in [3.8, 4) is 0 Å². The van der Waals surface area contributed by atoms with Gasteiger partial charge in [0.2, 0.25) is 0 Å². The molecule has 122 valence electrons. The molecule has 0 radical (unpaired) electrons. The number of aliphatic carboxylic acids is 1. The fourth-order valence-electron chi connectivity index (χ4n) is 2.69. The van der Waals surface area contributed by atoms with Crippen LogP contribution >= 0.6 is 0 Å². The fraction of sp³-hybridized carbons (Fsp3) is 0.867. The number of hydrogen-bond acceptors (Lipinski definition) is 3. The van der Waals surface area contributed by atoms with Gasteiger partial charge in [-0.15, -0.1) is 0 Å². The van der Waals surface area contributed by atoms with Crippen molar-refractivity contribution in [3.05, 3.63) is 0 Å². The van der Waals surface area contributed by atoms with Crippen LogP contribution in [0, 0.1) is 5.92 Å². The van der Waals surface area contributed by atoms with Crippen molar-refractivity contribution in [2.24, 2.45) is 5.92 Å². The van der Waals surface area contributed by atoms with E-state index in [4.69, 9.17) is 0 Å². The van der Waals surface area contributed by atoms with Gasteiger partial charge < -0.3 is 15.3 Å². The van der Waals surface area contributed by atoms with Crippen molar-refractivity contribution in [2.75, 3.05) is 32.7 Å². The zero-order valence-corrected chi connectivity index (χ0v) is 13.7. The number of urea groups is 1. The Kier molecular flexibility index (Phi) is 6.45. The van der Waals surface area contributed by atoms with Gasteiger partial charge in [-0.1, -0.05) is 27.2 Å². The summed E-state index contributed by atoms with van der Waals surface area (Å²) in [5.74, 6) is -0.360. The van der Waals surface area contributed by atoms with Gasteiger partial charge in [0.1, 0.15) is 5.54 Å². The number of nitrogens with one attached hydrogen (secondary N) is 1. The molecule has 1 atom stereocenters. The molecule has 0 spiro atoms. The summed E-state index contributed by atoms with van der Waals surface area (Å²) in [6, 6.07) is -0.266. The molecular weight excluding hydrogens is 270 g/mol. The molecule has 1 rings (SSSR count). The molecule has 6 heteroatoms. The van der Waals surface area contributed by atoms with Crippen LogP contribution in [0.2, 0.25) is 0 Å². The van der Waals surface area contributed by atoms with Gasteiger partial charge in [0.05, 0.1) is 0 Å². The highest BCUT2D eigenvalue weighted by atomic mass is 16.4. The van der Waals surface area contributed by atoms with Crippen LogP contribution in [-0.2, 0) is 4.79 Å². The molecule has 1 heterocycles. The Bertz CT molecular complexity index is 365. The zero-order chi connectivity index (χ0) is 16.0. The van der Waals surface area contributed by atoms with Gasteiger partial charge in [0.25, 0.3) is 0 Å². The summed E-state index contributed by atoms with van der Waals surface area (Å²) in [6.07, 6.45) is 1.15. The maximum Gasteiger partial charge on any atom is 0.329 e. The Morgan fingerprint density at radius 2 is 1.81 bits per heavy atom. The van der Waals surface area contributed by atoms with Gasteiger partial charge in [-0.25, -0.2) is 9.59 Å². The van der Waals surface area contributed by atoms with Crippen molar-refractivity contribution < 1.29 is 14.7 Å². The van der Waals surface area contributed by atoms with E-state index in [1.54, 1.807) is 11.8 Å². The van der Waals surface area contributed by atoms with E-state index in [0.29, 0.717) is 31.8 Å². The Morgan fingerprint density at radius 3 is 2.24 bits per heavy atom. The van der Waals surface area contributed by atoms with Crippen LogP contribution in [0.25, 0.3) is 0 Å². The highest BCUT2D eigenvalue weighted by molar-refractivity contribution is 5.85. The van der Waals surface area contributed by atoms with E-state index in [0.717, 1.165) is 19.6 Å². The summed E-state index contributed by atoms with van der Waals surface area (Å²) < 4.78 is 0. The Hall–Kier alpha value is -1.30. The molecule has 0 bridgehead atoms. The number of carboxylic acid groups (broad SMARTS) is 1. The molecule has 21 heavy (non-hydrogen) atoms. The minimum Gasteiger partial charge on any atom is -0.480 e. The zero-order valence-electron chi connectivity index (χ0n) is 13.7. The Balaban J connectivity index is 2.52. The molecule has 0 saturated carbocycles. The molecule has 0 aliphatic carbocycles. The molecule has 1 aliphatic heterocycles. The minimum absolute atomic E-state index is 0.266. The Morgan fingerprint density at radius 1 is 1.24 bits per heavy atom. The average Bonchev–Trinajstić information content (AvgIpc) is 2.38. The normalized spacial score (nSPS) is 19.4. The van der Waals surface area contributed by atoms with Crippen molar-refractivity contribution in [1.82, 2.24) is 15.1 Å². The maximum atomic E-state index is 12.3. The third-order valence-electron chi connectivity index (χ3n) is 3.89. The fourth-order valence-corrected chi connectivity index (χ4v) is 2.69. The van der Waals surface area contributed by atoms with Gasteiger partial charge in [-0.2, -0.15) is 0 Å². The van der Waals surface area contributed by atoms with E-state index in [9.17, 15) is 14.7 Å². The van der Waals surface area contributed by atoms with Crippen LogP contribution in [0.15, 0.2) is 0 Å². The second-order valence-corrected chi connectivity index (χ2v) is 6.50. The van der Waals surface area contributed by atoms with Crippen molar-refractivity contribution in [3.63, 3.8) is 0 Å². The van der Waals surface area contributed by atoms with E-state index in [1.165, 1.54) is 0 Å². The molecule has 0 aromatic heterocycles. The smallest absolute Gasteiger partial charge is 0.329 e. The standard InChI is InChI=1S/C15H29N3O3/c1-5-6-15(4,13(19)20)16-14(21)18-9-7-17(8-10-18)11-12(2)3/h12H,5-11H2,1-4H3,(H,16,21)(H,19,20). The first-order valence-corrected chi connectivity index (χ1v) is 7.81. The second-order valence-electron chi connectivity index (χ2n) is 6.50. The quantitative estimate of drug-likeness (QED) is 0.781. The molecule has 2 amide bonds. The van der Waals surface area contributed by atoms with E-state index in [-0.39, 0.29) is 6.03 Å². The second kappa shape index (κ2) is 7.64. The monoisotopic (exact) mass is 299 g/mol. The molecule has 0 aromatic carbocycles. The van der Waals surface area contributed by atoms with E-state index < -0.39 is 11.5 Å². The topological polar surface area (TPSA) is 72.9 Å². The lowest BCUT2D eigenvalue weighted by Gasteiger charge is -2.37. The number of nitrogens with zero attached hydrogens (tertiary/aromatic N) is 2. The first-order valence-electron chi connectivity index (χ1n) is 7.81. The summed E-state index contributed by atoms with van der Waals surface area (Å²) in [6.45, 7) is 11.9. The first-order chi connectivity index (χ1) is 9.78. The molecule has 1 unspecified atom stereocenters. The highest BCUT2D eigenvalue weighted by Gasteiger charge is 2.35. The predicted molar refractivity (Wildman–Crippen MR) is 82.3 cm³/mol. The predicted octanol–water partition coefficient (Wildman–Crippen LogP) is 1.61. The van der Waals surface area contributed by atoms with Crippen LogP contribution in [0.5, 0.6) is 0 Å². The van der Waals surface area contributed by atoms with E-state index in [2.05, 4.69) is 24.1 Å². The lowest BCUT2D eigenvalue weighted by Crippen LogP contribution is -2.59. The largest absolute Gasteiger partial charge is 0.480 e. The van der Waals surface area contributed by atoms with Crippen molar-refractivity contribution in [1.29, 1.82) is 0 Å². The molecule has 0 aromatic rings. The van der Waals surface area contributed by atoms with E-state index in [1.807, 2.05) is 6.92 Å². The lowest BCUT2D eigenvalue weighted by molar-refractivity contribution is -0.144. The summed E-state index contributed by atoms with van der Waals surface area (Å²) in [5.41, 5.74) is -1.18. The summed E-state index contributed by atoms with van der Waals surface area (Å²) in [7, 11) is 0. The van der Waals surface area contributed by atoms with Gasteiger partial charge >= 0.3 is 12.0 Å². The first kappa shape index (κ1) is 17.8. The Labute approximate surface area is 127 Å². The number of piperazine rings is 1. The highest BCUT2D eigenvalue weighted by Crippen LogP contribution is 2.14. The third-order valence-corrected chi connectivity index (χ3v) is 3.89. The molecular formula is C15H29N3O3. The molecule has 1 saturated heterocycles. The number of rotatable bonds is 6.